The highest BCUT2D eigenvalue weighted by molar-refractivity contribution is 6.18. The first-order chi connectivity index (χ1) is 23.3. The molecule has 0 saturated carbocycles. The zero-order valence-electron chi connectivity index (χ0n) is 25.5. The fourth-order valence-electron chi connectivity index (χ4n) is 7.45. The van der Waals surface area contributed by atoms with Crippen molar-refractivity contribution in [1.29, 1.82) is 0 Å². The fourth-order valence-corrected chi connectivity index (χ4v) is 7.45. The summed E-state index contributed by atoms with van der Waals surface area (Å²) < 4.78 is 8.69. The molecule has 0 amide bonds. The molecular weight excluding hydrogens is 572 g/mol. The molecule has 0 fully saturated rings. The Bertz CT molecular complexity index is 2790. The maximum absolute atomic E-state index is 6.32. The van der Waals surface area contributed by atoms with E-state index in [1.54, 1.807) is 0 Å². The molecule has 0 aliphatic carbocycles. The average Bonchev–Trinajstić information content (AvgIpc) is 3.66. The Morgan fingerprint density at radius 3 is 1.98 bits per heavy atom. The summed E-state index contributed by atoms with van der Waals surface area (Å²) in [5, 5.41) is 9.53. The van der Waals surface area contributed by atoms with Crippen molar-refractivity contribution in [3.8, 4) is 5.69 Å². The molecule has 8 aromatic carbocycles. The summed E-state index contributed by atoms with van der Waals surface area (Å²) in [5.74, 6) is 0. The van der Waals surface area contributed by atoms with Crippen molar-refractivity contribution in [2.75, 3.05) is 4.90 Å². The van der Waals surface area contributed by atoms with E-state index in [2.05, 4.69) is 167 Å². The van der Waals surface area contributed by atoms with E-state index in [0.717, 1.165) is 44.7 Å². The van der Waals surface area contributed by atoms with Gasteiger partial charge in [-0.2, -0.15) is 0 Å². The third kappa shape index (κ3) is 3.93. The smallest absolute Gasteiger partial charge is 0.136 e. The van der Waals surface area contributed by atoms with Crippen molar-refractivity contribution < 1.29 is 4.42 Å². The molecule has 2 aromatic heterocycles. The second-order valence-electron chi connectivity index (χ2n) is 12.2. The van der Waals surface area contributed by atoms with Gasteiger partial charge in [0, 0.05) is 44.0 Å². The first-order valence-corrected chi connectivity index (χ1v) is 16.0. The van der Waals surface area contributed by atoms with Crippen molar-refractivity contribution in [2.24, 2.45) is 0 Å². The number of fused-ring (bicyclic) bond motifs is 9. The molecule has 0 aliphatic heterocycles. The summed E-state index contributed by atoms with van der Waals surface area (Å²) in [6.45, 7) is 0. The molecule has 0 N–H and O–H groups in total. The van der Waals surface area contributed by atoms with E-state index in [-0.39, 0.29) is 0 Å². The third-order valence-electron chi connectivity index (χ3n) is 9.54. The number of para-hydroxylation sites is 4. The van der Waals surface area contributed by atoms with Crippen LogP contribution in [0.3, 0.4) is 0 Å². The Hall–Kier alpha value is -6.32. The molecule has 10 aromatic rings. The predicted molar refractivity (Wildman–Crippen MR) is 198 cm³/mol. The van der Waals surface area contributed by atoms with E-state index in [4.69, 9.17) is 4.42 Å². The maximum atomic E-state index is 6.32. The predicted octanol–water partition coefficient (Wildman–Crippen LogP) is 12.5. The van der Waals surface area contributed by atoms with Gasteiger partial charge in [-0.05, 0) is 89.0 Å². The van der Waals surface area contributed by atoms with Crippen LogP contribution in [0, 0.1) is 0 Å². The molecule has 220 valence electrons. The summed E-state index contributed by atoms with van der Waals surface area (Å²) in [6, 6.07) is 60.8. The van der Waals surface area contributed by atoms with Crippen LogP contribution in [-0.4, -0.2) is 4.57 Å². The van der Waals surface area contributed by atoms with Crippen molar-refractivity contribution in [1.82, 2.24) is 4.57 Å². The van der Waals surface area contributed by atoms with Crippen molar-refractivity contribution in [3.63, 3.8) is 0 Å². The minimum Gasteiger partial charge on any atom is -0.456 e. The second-order valence-corrected chi connectivity index (χ2v) is 12.2. The Balaban J connectivity index is 1.22. The van der Waals surface area contributed by atoms with Gasteiger partial charge in [-0.3, -0.25) is 0 Å². The zero-order valence-corrected chi connectivity index (χ0v) is 25.5. The van der Waals surface area contributed by atoms with Gasteiger partial charge in [0.05, 0.1) is 16.7 Å². The van der Waals surface area contributed by atoms with Gasteiger partial charge >= 0.3 is 0 Å². The van der Waals surface area contributed by atoms with Gasteiger partial charge in [-0.25, -0.2) is 0 Å². The minimum absolute atomic E-state index is 0.914. The molecule has 0 spiro atoms. The van der Waals surface area contributed by atoms with Crippen LogP contribution in [0.4, 0.5) is 17.1 Å². The van der Waals surface area contributed by atoms with Crippen LogP contribution in [0.1, 0.15) is 0 Å². The SMILES string of the molecule is c1ccc(N(c2ccc3c(c2)c2ccccc2n3-c2ccccc2)c2cccc3c2ccc2cc4c(cc23)oc2ccccc24)cc1. The van der Waals surface area contributed by atoms with Gasteiger partial charge in [0.25, 0.3) is 0 Å². The van der Waals surface area contributed by atoms with Crippen LogP contribution in [0.25, 0.3) is 71.0 Å². The normalized spacial score (nSPS) is 11.8. The number of rotatable bonds is 4. The lowest BCUT2D eigenvalue weighted by Crippen LogP contribution is -2.10. The number of hydrogen-bond acceptors (Lipinski definition) is 2. The first-order valence-electron chi connectivity index (χ1n) is 16.0. The monoisotopic (exact) mass is 600 g/mol. The van der Waals surface area contributed by atoms with E-state index in [9.17, 15) is 0 Å². The lowest BCUT2D eigenvalue weighted by atomic mass is 9.98. The fraction of sp³-hybridized carbons (Fsp3) is 0. The van der Waals surface area contributed by atoms with Crippen LogP contribution >= 0.6 is 0 Å². The quantitative estimate of drug-likeness (QED) is 0.187. The summed E-state index contributed by atoms with van der Waals surface area (Å²) in [5.41, 5.74) is 8.73. The average molecular weight is 601 g/mol. The Labute approximate surface area is 271 Å². The standard InChI is InChI=1S/C44H28N2O/c1-3-12-30(13-4-1)45(32-23-25-42-38(27-32)34-16-7-9-19-41(34)46(42)31-14-5-2-6-15-31)40-20-11-18-33-35(40)24-22-29-26-39-36-17-8-10-21-43(36)47-44(39)28-37(29)33/h1-28H. The summed E-state index contributed by atoms with van der Waals surface area (Å²) in [6.07, 6.45) is 0. The van der Waals surface area contributed by atoms with E-state index in [0.29, 0.717) is 0 Å². The minimum atomic E-state index is 0.914. The van der Waals surface area contributed by atoms with Crippen molar-refractivity contribution >= 4 is 82.4 Å². The second kappa shape index (κ2) is 10.1. The molecule has 10 rings (SSSR count). The van der Waals surface area contributed by atoms with Crippen LogP contribution in [0.5, 0.6) is 0 Å². The zero-order chi connectivity index (χ0) is 30.9. The van der Waals surface area contributed by atoms with E-state index < -0.39 is 0 Å². The van der Waals surface area contributed by atoms with Gasteiger partial charge in [0.1, 0.15) is 11.2 Å². The largest absolute Gasteiger partial charge is 0.456 e. The Kier molecular flexibility index (Phi) is 5.57. The third-order valence-corrected chi connectivity index (χ3v) is 9.54. The number of furan rings is 1. The van der Waals surface area contributed by atoms with Crippen molar-refractivity contribution in [3.05, 3.63) is 170 Å². The van der Waals surface area contributed by atoms with Gasteiger partial charge < -0.3 is 13.9 Å². The van der Waals surface area contributed by atoms with Crippen LogP contribution < -0.4 is 4.90 Å². The van der Waals surface area contributed by atoms with E-state index in [1.165, 1.54) is 43.4 Å². The van der Waals surface area contributed by atoms with Crippen LogP contribution in [-0.2, 0) is 0 Å². The molecule has 2 heterocycles. The summed E-state index contributed by atoms with van der Waals surface area (Å²) in [4.78, 5) is 2.39. The van der Waals surface area contributed by atoms with Crippen LogP contribution in [0.2, 0.25) is 0 Å². The van der Waals surface area contributed by atoms with Gasteiger partial charge in [0.2, 0.25) is 0 Å². The maximum Gasteiger partial charge on any atom is 0.136 e. The number of benzene rings is 8. The molecular formula is C44H28N2O. The number of aromatic nitrogens is 1. The first kappa shape index (κ1) is 26.0. The topological polar surface area (TPSA) is 21.3 Å². The number of hydrogen-bond donors (Lipinski definition) is 0. The van der Waals surface area contributed by atoms with Gasteiger partial charge in [0.15, 0.2) is 0 Å². The molecule has 3 heteroatoms. The van der Waals surface area contributed by atoms with E-state index in [1.807, 2.05) is 12.1 Å². The molecule has 0 bridgehead atoms. The lowest BCUT2D eigenvalue weighted by molar-refractivity contribution is 0.669. The molecule has 47 heavy (non-hydrogen) atoms. The highest BCUT2D eigenvalue weighted by atomic mass is 16.3. The highest BCUT2D eigenvalue weighted by Crippen LogP contribution is 2.44. The summed E-state index contributed by atoms with van der Waals surface area (Å²) in [7, 11) is 0. The summed E-state index contributed by atoms with van der Waals surface area (Å²) >= 11 is 0. The number of anilines is 3. The molecule has 0 atom stereocenters. The Morgan fingerprint density at radius 2 is 1.11 bits per heavy atom. The van der Waals surface area contributed by atoms with E-state index >= 15 is 0 Å². The van der Waals surface area contributed by atoms with Crippen molar-refractivity contribution in [2.45, 2.75) is 0 Å². The molecule has 3 nitrogen and oxygen atoms in total. The molecule has 0 aliphatic rings. The van der Waals surface area contributed by atoms with Crippen LogP contribution in [0.15, 0.2) is 174 Å². The highest BCUT2D eigenvalue weighted by Gasteiger charge is 2.19. The lowest BCUT2D eigenvalue weighted by Gasteiger charge is -2.27. The molecule has 0 unspecified atom stereocenters. The van der Waals surface area contributed by atoms with Gasteiger partial charge in [-0.1, -0.05) is 97.1 Å². The van der Waals surface area contributed by atoms with Gasteiger partial charge in [-0.15, -0.1) is 0 Å². The Morgan fingerprint density at radius 1 is 0.383 bits per heavy atom. The molecule has 0 saturated heterocycles. The number of nitrogens with zero attached hydrogens (tertiary/aromatic N) is 2. The molecule has 0 radical (unpaired) electrons.